The lowest BCUT2D eigenvalue weighted by Gasteiger charge is -2.44. The van der Waals surface area contributed by atoms with Crippen LogP contribution in [0.15, 0.2) is 6.20 Å². The molecule has 5 nitrogen and oxygen atoms in total. The predicted molar refractivity (Wildman–Crippen MR) is 78.4 cm³/mol. The van der Waals surface area contributed by atoms with E-state index in [0.717, 1.165) is 43.4 Å². The predicted octanol–water partition coefficient (Wildman–Crippen LogP) is 0.953. The normalized spacial score (nSPS) is 17.8. The topological polar surface area (TPSA) is 58.3 Å². The van der Waals surface area contributed by atoms with Gasteiger partial charge in [0.25, 0.3) is 0 Å². The Bertz CT molecular complexity index is 435. The molecular weight excluding hydrogens is 238 g/mol. The monoisotopic (exact) mass is 263 g/mol. The molecule has 2 N–H and O–H groups in total. The highest BCUT2D eigenvalue weighted by Gasteiger charge is 2.29. The summed E-state index contributed by atoms with van der Waals surface area (Å²) in [6.45, 7) is 13.2. The molecule has 0 bridgehead atoms. The molecule has 0 atom stereocenters. The molecule has 5 heteroatoms. The Kier molecular flexibility index (Phi) is 4.06. The van der Waals surface area contributed by atoms with Crippen LogP contribution >= 0.6 is 0 Å². The van der Waals surface area contributed by atoms with Gasteiger partial charge in [0.2, 0.25) is 0 Å². The van der Waals surface area contributed by atoms with E-state index in [1.807, 2.05) is 20.0 Å². The van der Waals surface area contributed by atoms with Gasteiger partial charge in [0.05, 0.1) is 11.4 Å². The zero-order valence-corrected chi connectivity index (χ0v) is 12.5. The van der Waals surface area contributed by atoms with E-state index in [-0.39, 0.29) is 5.54 Å². The van der Waals surface area contributed by atoms with Crippen molar-refractivity contribution in [2.24, 2.45) is 5.73 Å². The first-order valence-electron chi connectivity index (χ1n) is 6.94. The molecule has 19 heavy (non-hydrogen) atoms. The van der Waals surface area contributed by atoms with E-state index < -0.39 is 0 Å². The van der Waals surface area contributed by atoms with Gasteiger partial charge in [0, 0.05) is 44.5 Å². The van der Waals surface area contributed by atoms with Crippen LogP contribution in [0.1, 0.15) is 25.2 Å². The molecule has 0 aromatic carbocycles. The highest BCUT2D eigenvalue weighted by molar-refractivity contribution is 5.43. The van der Waals surface area contributed by atoms with Gasteiger partial charge in [-0.2, -0.15) is 0 Å². The van der Waals surface area contributed by atoms with Gasteiger partial charge < -0.3 is 10.6 Å². The second kappa shape index (κ2) is 5.43. The summed E-state index contributed by atoms with van der Waals surface area (Å²) in [7, 11) is 0. The maximum absolute atomic E-state index is 5.85. The fraction of sp³-hybridized carbons (Fsp3) is 0.714. The van der Waals surface area contributed by atoms with E-state index in [1.165, 1.54) is 0 Å². The van der Waals surface area contributed by atoms with Crippen LogP contribution in [0.5, 0.6) is 0 Å². The van der Waals surface area contributed by atoms with E-state index in [1.54, 1.807) is 0 Å². The van der Waals surface area contributed by atoms with Crippen LogP contribution in [-0.2, 0) is 0 Å². The summed E-state index contributed by atoms with van der Waals surface area (Å²) in [5, 5.41) is 0. The largest absolute Gasteiger partial charge is 0.353 e. The van der Waals surface area contributed by atoms with E-state index in [9.17, 15) is 0 Å². The van der Waals surface area contributed by atoms with Crippen molar-refractivity contribution in [3.05, 3.63) is 17.6 Å². The number of piperazine rings is 1. The van der Waals surface area contributed by atoms with Gasteiger partial charge in [-0.3, -0.25) is 9.88 Å². The summed E-state index contributed by atoms with van der Waals surface area (Å²) >= 11 is 0. The number of hydrogen-bond donors (Lipinski definition) is 1. The fourth-order valence-electron chi connectivity index (χ4n) is 2.48. The lowest BCUT2D eigenvalue weighted by Crippen LogP contribution is -2.57. The van der Waals surface area contributed by atoms with Gasteiger partial charge >= 0.3 is 0 Å². The molecule has 1 aliphatic heterocycles. The van der Waals surface area contributed by atoms with Crippen LogP contribution in [0.3, 0.4) is 0 Å². The SMILES string of the molecule is Cc1cnc(C)c(N2CCN(C(C)(C)CN)CC2)n1. The summed E-state index contributed by atoms with van der Waals surface area (Å²) in [6, 6.07) is 0. The van der Waals surface area contributed by atoms with Crippen LogP contribution in [0.25, 0.3) is 0 Å². The average Bonchev–Trinajstić information content (AvgIpc) is 2.42. The minimum Gasteiger partial charge on any atom is -0.353 e. The zero-order valence-electron chi connectivity index (χ0n) is 12.5. The molecule has 1 saturated heterocycles. The molecule has 0 unspecified atom stereocenters. The molecular formula is C14H25N5. The highest BCUT2D eigenvalue weighted by atomic mass is 15.3. The van der Waals surface area contributed by atoms with Crippen LogP contribution in [0.2, 0.25) is 0 Å². The molecule has 106 valence electrons. The van der Waals surface area contributed by atoms with Gasteiger partial charge in [-0.05, 0) is 27.7 Å². The zero-order chi connectivity index (χ0) is 14.0. The van der Waals surface area contributed by atoms with Crippen molar-refractivity contribution >= 4 is 5.82 Å². The van der Waals surface area contributed by atoms with Gasteiger partial charge in [0.15, 0.2) is 0 Å². The van der Waals surface area contributed by atoms with Gasteiger partial charge in [0.1, 0.15) is 5.82 Å². The van der Waals surface area contributed by atoms with Crippen LogP contribution < -0.4 is 10.6 Å². The quantitative estimate of drug-likeness (QED) is 0.880. The lowest BCUT2D eigenvalue weighted by molar-refractivity contribution is 0.119. The molecule has 1 fully saturated rings. The average molecular weight is 263 g/mol. The van der Waals surface area contributed by atoms with Crippen molar-refractivity contribution in [1.82, 2.24) is 14.9 Å². The maximum atomic E-state index is 5.85. The molecule has 0 saturated carbocycles. The summed E-state index contributed by atoms with van der Waals surface area (Å²) < 4.78 is 0. The van der Waals surface area contributed by atoms with E-state index in [2.05, 4.69) is 33.6 Å². The van der Waals surface area contributed by atoms with Crippen molar-refractivity contribution in [3.8, 4) is 0 Å². The van der Waals surface area contributed by atoms with Crippen LogP contribution in [0.4, 0.5) is 5.82 Å². The molecule has 1 aromatic heterocycles. The molecule has 2 rings (SSSR count). The van der Waals surface area contributed by atoms with Crippen molar-refractivity contribution in [1.29, 1.82) is 0 Å². The lowest BCUT2D eigenvalue weighted by atomic mass is 10.0. The standard InChI is InChI=1S/C14H25N5/c1-11-9-16-12(2)13(17-11)18-5-7-19(8-6-18)14(3,4)10-15/h9H,5-8,10,15H2,1-4H3. The summed E-state index contributed by atoms with van der Waals surface area (Å²) in [4.78, 5) is 13.8. The summed E-state index contributed by atoms with van der Waals surface area (Å²) in [5.41, 5.74) is 7.92. The van der Waals surface area contributed by atoms with Gasteiger partial charge in [-0.25, -0.2) is 4.98 Å². The minimum absolute atomic E-state index is 0.0828. The molecule has 0 aliphatic carbocycles. The Labute approximate surface area is 115 Å². The smallest absolute Gasteiger partial charge is 0.150 e. The number of aromatic nitrogens is 2. The first-order valence-corrected chi connectivity index (χ1v) is 6.94. The minimum atomic E-state index is 0.0828. The Morgan fingerprint density at radius 2 is 1.84 bits per heavy atom. The Hall–Kier alpha value is -1.20. The second-order valence-electron chi connectivity index (χ2n) is 5.91. The fourth-order valence-corrected chi connectivity index (χ4v) is 2.48. The Balaban J connectivity index is 2.06. The number of nitrogens with zero attached hydrogens (tertiary/aromatic N) is 4. The molecule has 1 aromatic rings. The van der Waals surface area contributed by atoms with Crippen molar-refractivity contribution in [2.75, 3.05) is 37.6 Å². The molecule has 0 amide bonds. The molecule has 0 radical (unpaired) electrons. The molecule has 1 aliphatic rings. The van der Waals surface area contributed by atoms with Crippen molar-refractivity contribution in [2.45, 2.75) is 33.2 Å². The Morgan fingerprint density at radius 1 is 1.21 bits per heavy atom. The number of hydrogen-bond acceptors (Lipinski definition) is 5. The Morgan fingerprint density at radius 3 is 2.42 bits per heavy atom. The third-order valence-corrected chi connectivity index (χ3v) is 3.99. The first kappa shape index (κ1) is 14.2. The van der Waals surface area contributed by atoms with E-state index >= 15 is 0 Å². The van der Waals surface area contributed by atoms with Gasteiger partial charge in [-0.15, -0.1) is 0 Å². The number of nitrogens with two attached hydrogens (primary N) is 1. The van der Waals surface area contributed by atoms with Crippen LogP contribution in [0, 0.1) is 13.8 Å². The number of aryl methyl sites for hydroxylation is 2. The third kappa shape index (κ3) is 3.04. The van der Waals surface area contributed by atoms with Gasteiger partial charge in [-0.1, -0.05) is 0 Å². The summed E-state index contributed by atoms with van der Waals surface area (Å²) in [6.07, 6.45) is 1.83. The van der Waals surface area contributed by atoms with Crippen molar-refractivity contribution in [3.63, 3.8) is 0 Å². The maximum Gasteiger partial charge on any atom is 0.150 e. The highest BCUT2D eigenvalue weighted by Crippen LogP contribution is 2.21. The summed E-state index contributed by atoms with van der Waals surface area (Å²) in [5.74, 6) is 1.03. The molecule has 2 heterocycles. The van der Waals surface area contributed by atoms with Crippen molar-refractivity contribution < 1.29 is 0 Å². The van der Waals surface area contributed by atoms with E-state index in [0.29, 0.717) is 6.54 Å². The number of rotatable bonds is 3. The number of anilines is 1. The second-order valence-corrected chi connectivity index (χ2v) is 5.91. The first-order chi connectivity index (χ1) is 8.94. The van der Waals surface area contributed by atoms with Crippen LogP contribution in [-0.4, -0.2) is 53.1 Å². The molecule has 0 spiro atoms. The third-order valence-electron chi connectivity index (χ3n) is 3.99. The van der Waals surface area contributed by atoms with E-state index in [4.69, 9.17) is 5.73 Å².